The first-order valence-electron chi connectivity index (χ1n) is 6.35. The largest absolute Gasteiger partial charge is 0.497 e. The quantitative estimate of drug-likeness (QED) is 0.865. The minimum atomic E-state index is -2.43. The number of methoxy groups -OCH3 is 1. The van der Waals surface area contributed by atoms with Gasteiger partial charge >= 0.3 is 0 Å². The van der Waals surface area contributed by atoms with Crippen LogP contribution >= 0.6 is 0 Å². The summed E-state index contributed by atoms with van der Waals surface area (Å²) < 4.78 is 30.4. The summed E-state index contributed by atoms with van der Waals surface area (Å²) >= 11 is 0. The standard InChI is InChI=1S/C16H17F2NO/c1-11-8-14(20-2)6-7-15(11)19-10-12-4-3-5-13(9-12)16(17)18/h3-9,16,19H,10H2,1-2H3. The molecule has 0 radical (unpaired) electrons. The lowest BCUT2D eigenvalue weighted by molar-refractivity contribution is 0.151. The van der Waals surface area contributed by atoms with Crippen molar-refractivity contribution in [2.75, 3.05) is 12.4 Å². The SMILES string of the molecule is COc1ccc(NCc2cccc(C(F)F)c2)c(C)c1. The number of alkyl halides is 2. The van der Waals surface area contributed by atoms with Gasteiger partial charge in [-0.1, -0.05) is 18.2 Å². The Balaban J connectivity index is 2.07. The number of rotatable bonds is 5. The number of hydrogen-bond donors (Lipinski definition) is 1. The van der Waals surface area contributed by atoms with E-state index < -0.39 is 6.43 Å². The molecule has 0 atom stereocenters. The average molecular weight is 277 g/mol. The lowest BCUT2D eigenvalue weighted by Gasteiger charge is -2.11. The Labute approximate surface area is 117 Å². The molecule has 0 saturated carbocycles. The highest BCUT2D eigenvalue weighted by Gasteiger charge is 2.07. The van der Waals surface area contributed by atoms with Crippen molar-refractivity contribution in [1.82, 2.24) is 0 Å². The van der Waals surface area contributed by atoms with E-state index in [0.29, 0.717) is 6.54 Å². The smallest absolute Gasteiger partial charge is 0.263 e. The molecule has 0 aliphatic carbocycles. The molecule has 0 fully saturated rings. The van der Waals surface area contributed by atoms with Crippen LogP contribution in [0.15, 0.2) is 42.5 Å². The van der Waals surface area contributed by atoms with Gasteiger partial charge in [-0.25, -0.2) is 8.78 Å². The van der Waals surface area contributed by atoms with Gasteiger partial charge in [0.25, 0.3) is 6.43 Å². The van der Waals surface area contributed by atoms with E-state index in [0.717, 1.165) is 22.6 Å². The minimum Gasteiger partial charge on any atom is -0.497 e. The Morgan fingerprint density at radius 3 is 2.60 bits per heavy atom. The van der Waals surface area contributed by atoms with Gasteiger partial charge in [0.15, 0.2) is 0 Å². The number of benzene rings is 2. The summed E-state index contributed by atoms with van der Waals surface area (Å²) in [5.41, 5.74) is 2.90. The molecule has 2 aromatic carbocycles. The summed E-state index contributed by atoms with van der Waals surface area (Å²) in [6.45, 7) is 2.48. The summed E-state index contributed by atoms with van der Waals surface area (Å²) in [4.78, 5) is 0. The Morgan fingerprint density at radius 1 is 1.15 bits per heavy atom. The van der Waals surface area contributed by atoms with Gasteiger partial charge < -0.3 is 10.1 Å². The summed E-state index contributed by atoms with van der Waals surface area (Å²) in [6, 6.07) is 12.2. The van der Waals surface area contributed by atoms with Gasteiger partial charge in [-0.2, -0.15) is 0 Å². The van der Waals surface area contributed by atoms with E-state index in [-0.39, 0.29) is 5.56 Å². The molecule has 0 amide bonds. The van der Waals surface area contributed by atoms with Gasteiger partial charge in [0.2, 0.25) is 0 Å². The van der Waals surface area contributed by atoms with Crippen molar-refractivity contribution in [3.63, 3.8) is 0 Å². The summed E-state index contributed by atoms with van der Waals surface area (Å²) in [7, 11) is 1.62. The van der Waals surface area contributed by atoms with Gasteiger partial charge in [-0.15, -0.1) is 0 Å². The number of aryl methyl sites for hydroxylation is 1. The van der Waals surface area contributed by atoms with E-state index in [1.165, 1.54) is 12.1 Å². The Hall–Kier alpha value is -2.10. The molecule has 20 heavy (non-hydrogen) atoms. The minimum absolute atomic E-state index is 0.0516. The predicted octanol–water partition coefficient (Wildman–Crippen LogP) is 4.55. The molecule has 2 rings (SSSR count). The van der Waals surface area contributed by atoms with Crippen molar-refractivity contribution in [1.29, 1.82) is 0 Å². The van der Waals surface area contributed by atoms with E-state index in [4.69, 9.17) is 4.74 Å². The van der Waals surface area contributed by atoms with Crippen molar-refractivity contribution < 1.29 is 13.5 Å². The number of anilines is 1. The van der Waals surface area contributed by atoms with Crippen LogP contribution < -0.4 is 10.1 Å². The second kappa shape index (κ2) is 6.37. The highest BCUT2D eigenvalue weighted by Crippen LogP contribution is 2.23. The first kappa shape index (κ1) is 14.3. The molecule has 4 heteroatoms. The zero-order chi connectivity index (χ0) is 14.5. The lowest BCUT2D eigenvalue weighted by Crippen LogP contribution is -2.02. The third kappa shape index (κ3) is 3.47. The van der Waals surface area contributed by atoms with E-state index >= 15 is 0 Å². The van der Waals surface area contributed by atoms with Crippen molar-refractivity contribution in [2.45, 2.75) is 19.9 Å². The van der Waals surface area contributed by atoms with Crippen LogP contribution in [0.4, 0.5) is 14.5 Å². The second-order valence-electron chi connectivity index (χ2n) is 4.58. The summed E-state index contributed by atoms with van der Waals surface area (Å²) in [5.74, 6) is 0.799. The number of halogens is 2. The van der Waals surface area contributed by atoms with Crippen molar-refractivity contribution in [2.24, 2.45) is 0 Å². The normalized spacial score (nSPS) is 10.7. The maximum Gasteiger partial charge on any atom is 0.263 e. The molecule has 0 spiro atoms. The van der Waals surface area contributed by atoms with E-state index in [9.17, 15) is 8.78 Å². The van der Waals surface area contributed by atoms with Gasteiger partial charge in [0.1, 0.15) is 5.75 Å². The molecule has 106 valence electrons. The molecular formula is C16H17F2NO. The second-order valence-corrected chi connectivity index (χ2v) is 4.58. The van der Waals surface area contributed by atoms with Gasteiger partial charge in [-0.05, 0) is 42.3 Å². The fraction of sp³-hybridized carbons (Fsp3) is 0.250. The maximum absolute atomic E-state index is 12.6. The molecule has 0 unspecified atom stereocenters. The third-order valence-corrected chi connectivity index (χ3v) is 3.12. The highest BCUT2D eigenvalue weighted by molar-refractivity contribution is 5.53. The third-order valence-electron chi connectivity index (χ3n) is 3.12. The van der Waals surface area contributed by atoms with Crippen molar-refractivity contribution in [3.05, 3.63) is 59.2 Å². The van der Waals surface area contributed by atoms with Crippen LogP contribution in [-0.4, -0.2) is 7.11 Å². The molecule has 1 N–H and O–H groups in total. The van der Waals surface area contributed by atoms with E-state index in [1.54, 1.807) is 13.2 Å². The number of hydrogen-bond acceptors (Lipinski definition) is 2. The van der Waals surface area contributed by atoms with Crippen LogP contribution in [0.2, 0.25) is 0 Å². The van der Waals surface area contributed by atoms with Gasteiger partial charge in [-0.3, -0.25) is 0 Å². The summed E-state index contributed by atoms with van der Waals surface area (Å²) in [6.07, 6.45) is -2.43. The molecule has 0 aromatic heterocycles. The zero-order valence-electron chi connectivity index (χ0n) is 11.5. The van der Waals surface area contributed by atoms with Crippen LogP contribution in [-0.2, 0) is 6.54 Å². The fourth-order valence-electron chi connectivity index (χ4n) is 2.00. The van der Waals surface area contributed by atoms with Crippen LogP contribution in [0.3, 0.4) is 0 Å². The molecular weight excluding hydrogens is 260 g/mol. The van der Waals surface area contributed by atoms with Gasteiger partial charge in [0.05, 0.1) is 7.11 Å². The predicted molar refractivity (Wildman–Crippen MR) is 76.5 cm³/mol. The fourth-order valence-corrected chi connectivity index (χ4v) is 2.00. The Morgan fingerprint density at radius 2 is 1.95 bits per heavy atom. The maximum atomic E-state index is 12.6. The van der Waals surface area contributed by atoms with Crippen LogP contribution in [0.5, 0.6) is 5.75 Å². The molecule has 2 aromatic rings. The average Bonchev–Trinajstić information content (AvgIpc) is 2.46. The first-order valence-corrected chi connectivity index (χ1v) is 6.35. The molecule has 0 saturated heterocycles. The lowest BCUT2D eigenvalue weighted by atomic mass is 10.1. The van der Waals surface area contributed by atoms with Crippen molar-refractivity contribution >= 4 is 5.69 Å². The topological polar surface area (TPSA) is 21.3 Å². The zero-order valence-corrected chi connectivity index (χ0v) is 11.5. The Kier molecular flexibility index (Phi) is 4.56. The van der Waals surface area contributed by atoms with E-state index in [2.05, 4.69) is 5.32 Å². The molecule has 0 aliphatic rings. The molecule has 0 bridgehead atoms. The van der Waals surface area contributed by atoms with Crippen LogP contribution in [0.1, 0.15) is 23.1 Å². The molecule has 0 heterocycles. The number of ether oxygens (including phenoxy) is 1. The van der Waals surface area contributed by atoms with Crippen LogP contribution in [0.25, 0.3) is 0 Å². The molecule has 2 nitrogen and oxygen atoms in total. The van der Waals surface area contributed by atoms with Crippen molar-refractivity contribution in [3.8, 4) is 5.75 Å². The monoisotopic (exact) mass is 277 g/mol. The molecule has 0 aliphatic heterocycles. The van der Waals surface area contributed by atoms with E-state index in [1.807, 2.05) is 31.2 Å². The Bertz CT molecular complexity index is 584. The highest BCUT2D eigenvalue weighted by atomic mass is 19.3. The summed E-state index contributed by atoms with van der Waals surface area (Å²) in [5, 5.41) is 3.25. The van der Waals surface area contributed by atoms with Crippen LogP contribution in [0, 0.1) is 6.92 Å². The first-order chi connectivity index (χ1) is 9.60. The number of nitrogens with one attached hydrogen (secondary N) is 1. The van der Waals surface area contributed by atoms with Gasteiger partial charge in [0, 0.05) is 17.8 Å².